The molecule has 4 heteroatoms. The van der Waals surface area contributed by atoms with Gasteiger partial charge in [-0.15, -0.1) is 0 Å². The fraction of sp³-hybridized carbons (Fsp3) is 0.700. The Morgan fingerprint density at radius 2 is 2.00 bits per heavy atom. The van der Waals surface area contributed by atoms with Crippen LogP contribution in [0.1, 0.15) is 20.3 Å². The molecule has 4 nitrogen and oxygen atoms in total. The van der Waals surface area contributed by atoms with Crippen molar-refractivity contribution in [1.29, 1.82) is 0 Å². The van der Waals surface area contributed by atoms with Gasteiger partial charge < -0.3 is 14.8 Å². The fourth-order valence-corrected chi connectivity index (χ4v) is 1.17. The number of ether oxygens (including phenoxy) is 2. The molecule has 0 aliphatic heterocycles. The lowest BCUT2D eigenvalue weighted by Crippen LogP contribution is -2.44. The highest BCUT2D eigenvalue weighted by atomic mass is 16.7. The smallest absolute Gasteiger partial charge is 0.244 e. The molecule has 0 rings (SSSR count). The first-order valence-corrected chi connectivity index (χ1v) is 4.68. The maximum absolute atomic E-state index is 11.2. The minimum Gasteiger partial charge on any atom is -0.354 e. The van der Waals surface area contributed by atoms with Crippen LogP contribution in [0.2, 0.25) is 0 Å². The highest BCUT2D eigenvalue weighted by Crippen LogP contribution is 2.03. The average Bonchev–Trinajstić information content (AvgIpc) is 2.18. The lowest BCUT2D eigenvalue weighted by atomic mass is 10.2. The van der Waals surface area contributed by atoms with E-state index in [2.05, 4.69) is 5.32 Å². The quantitative estimate of drug-likeness (QED) is 0.516. The predicted octanol–water partition coefficient (Wildman–Crippen LogP) is 1.08. The standard InChI is InChI=1S/C10H19NO3/c1-5-7-9(12)11-8(6-2)10(13-3)14-4/h5,7-8,10H,6H2,1-4H3,(H,11,12). The predicted molar refractivity (Wildman–Crippen MR) is 54.8 cm³/mol. The topological polar surface area (TPSA) is 47.6 Å². The molecule has 0 saturated heterocycles. The molecule has 0 fully saturated rings. The largest absolute Gasteiger partial charge is 0.354 e. The second kappa shape index (κ2) is 7.53. The number of nitrogens with one attached hydrogen (secondary N) is 1. The van der Waals surface area contributed by atoms with E-state index in [1.54, 1.807) is 27.2 Å². The molecule has 14 heavy (non-hydrogen) atoms. The van der Waals surface area contributed by atoms with Gasteiger partial charge in [-0.2, -0.15) is 0 Å². The Morgan fingerprint density at radius 3 is 2.36 bits per heavy atom. The lowest BCUT2D eigenvalue weighted by Gasteiger charge is -2.23. The summed E-state index contributed by atoms with van der Waals surface area (Å²) in [6.07, 6.45) is 3.53. The van der Waals surface area contributed by atoms with Gasteiger partial charge in [0.25, 0.3) is 0 Å². The zero-order valence-electron chi connectivity index (χ0n) is 9.24. The van der Waals surface area contributed by atoms with Crippen LogP contribution in [0, 0.1) is 0 Å². The Hall–Kier alpha value is -0.870. The van der Waals surface area contributed by atoms with E-state index in [1.165, 1.54) is 6.08 Å². The van der Waals surface area contributed by atoms with Crippen LogP contribution in [0.25, 0.3) is 0 Å². The highest BCUT2D eigenvalue weighted by molar-refractivity contribution is 5.87. The van der Waals surface area contributed by atoms with Gasteiger partial charge in [0, 0.05) is 14.2 Å². The van der Waals surface area contributed by atoms with E-state index in [0.29, 0.717) is 0 Å². The van der Waals surface area contributed by atoms with Gasteiger partial charge in [-0.1, -0.05) is 13.0 Å². The van der Waals surface area contributed by atoms with Crippen LogP contribution in [0.15, 0.2) is 12.2 Å². The van der Waals surface area contributed by atoms with Gasteiger partial charge in [0.05, 0.1) is 6.04 Å². The maximum Gasteiger partial charge on any atom is 0.244 e. The number of hydrogen-bond donors (Lipinski definition) is 1. The SMILES string of the molecule is CC=CC(=O)NC(CC)C(OC)OC. The van der Waals surface area contributed by atoms with E-state index < -0.39 is 6.29 Å². The summed E-state index contributed by atoms with van der Waals surface area (Å²) in [7, 11) is 3.11. The molecule has 0 aromatic carbocycles. The van der Waals surface area contributed by atoms with E-state index >= 15 is 0 Å². The molecule has 1 amide bonds. The molecule has 0 spiro atoms. The molecule has 0 radical (unpaired) electrons. The van der Waals surface area contributed by atoms with Gasteiger partial charge in [0.2, 0.25) is 5.91 Å². The highest BCUT2D eigenvalue weighted by Gasteiger charge is 2.19. The first-order chi connectivity index (χ1) is 6.69. The first kappa shape index (κ1) is 13.1. The van der Waals surface area contributed by atoms with Crippen molar-refractivity contribution in [3.8, 4) is 0 Å². The summed E-state index contributed by atoms with van der Waals surface area (Å²) >= 11 is 0. The van der Waals surface area contributed by atoms with E-state index in [0.717, 1.165) is 6.42 Å². The van der Waals surface area contributed by atoms with Crippen LogP contribution in [-0.2, 0) is 14.3 Å². The normalized spacial score (nSPS) is 13.5. The van der Waals surface area contributed by atoms with Crippen molar-refractivity contribution in [3.05, 3.63) is 12.2 Å². The third kappa shape index (κ3) is 4.39. The third-order valence-electron chi connectivity index (χ3n) is 1.88. The molecule has 0 aliphatic carbocycles. The van der Waals surface area contributed by atoms with Crippen LogP contribution in [0.3, 0.4) is 0 Å². The van der Waals surface area contributed by atoms with E-state index in [4.69, 9.17) is 9.47 Å². The van der Waals surface area contributed by atoms with E-state index in [1.807, 2.05) is 6.92 Å². The van der Waals surface area contributed by atoms with Gasteiger partial charge in [-0.25, -0.2) is 0 Å². The van der Waals surface area contributed by atoms with E-state index in [9.17, 15) is 4.79 Å². The zero-order chi connectivity index (χ0) is 11.0. The van der Waals surface area contributed by atoms with Gasteiger partial charge in [-0.3, -0.25) is 4.79 Å². The van der Waals surface area contributed by atoms with Crippen molar-refractivity contribution in [2.45, 2.75) is 32.6 Å². The van der Waals surface area contributed by atoms with Gasteiger partial charge in [-0.05, 0) is 19.4 Å². The number of allylic oxidation sites excluding steroid dienone is 1. The Balaban J connectivity index is 4.19. The Bertz CT molecular complexity index is 188. The van der Waals surface area contributed by atoms with Crippen molar-refractivity contribution in [1.82, 2.24) is 5.32 Å². The second-order valence-electron chi connectivity index (χ2n) is 2.86. The van der Waals surface area contributed by atoms with Gasteiger partial charge in [0.15, 0.2) is 6.29 Å². The Morgan fingerprint density at radius 1 is 1.43 bits per heavy atom. The molecule has 0 bridgehead atoms. The molecule has 0 aromatic heterocycles. The Kier molecular flexibility index (Phi) is 7.06. The number of carbonyl (C=O) groups excluding carboxylic acids is 1. The number of carbonyl (C=O) groups is 1. The summed E-state index contributed by atoms with van der Waals surface area (Å²) in [6, 6.07) is -0.117. The molecule has 0 heterocycles. The van der Waals surface area contributed by atoms with Crippen LogP contribution in [-0.4, -0.2) is 32.5 Å². The summed E-state index contributed by atoms with van der Waals surface area (Å²) in [4.78, 5) is 11.2. The van der Waals surface area contributed by atoms with Crippen LogP contribution >= 0.6 is 0 Å². The molecule has 0 aliphatic rings. The molecule has 82 valence electrons. The minimum atomic E-state index is -0.394. The zero-order valence-corrected chi connectivity index (χ0v) is 9.24. The number of amides is 1. The first-order valence-electron chi connectivity index (χ1n) is 4.68. The average molecular weight is 201 g/mol. The van der Waals surface area contributed by atoms with Crippen LogP contribution in [0.4, 0.5) is 0 Å². The van der Waals surface area contributed by atoms with Crippen molar-refractivity contribution in [2.75, 3.05) is 14.2 Å². The Labute approximate surface area is 85.3 Å². The molecule has 0 aromatic rings. The van der Waals surface area contributed by atoms with Gasteiger partial charge >= 0.3 is 0 Å². The maximum atomic E-state index is 11.2. The van der Waals surface area contributed by atoms with Gasteiger partial charge in [0.1, 0.15) is 0 Å². The summed E-state index contributed by atoms with van der Waals surface area (Å²) < 4.78 is 10.1. The molecular formula is C10H19NO3. The van der Waals surface area contributed by atoms with Crippen molar-refractivity contribution < 1.29 is 14.3 Å². The van der Waals surface area contributed by atoms with Crippen LogP contribution < -0.4 is 5.32 Å². The molecule has 1 N–H and O–H groups in total. The molecular weight excluding hydrogens is 182 g/mol. The van der Waals surface area contributed by atoms with E-state index in [-0.39, 0.29) is 11.9 Å². The summed E-state index contributed by atoms with van der Waals surface area (Å²) in [5.41, 5.74) is 0. The summed E-state index contributed by atoms with van der Waals surface area (Å²) in [6.45, 7) is 3.76. The van der Waals surface area contributed by atoms with Crippen molar-refractivity contribution >= 4 is 5.91 Å². The van der Waals surface area contributed by atoms with Crippen LogP contribution in [0.5, 0.6) is 0 Å². The fourth-order valence-electron chi connectivity index (χ4n) is 1.17. The third-order valence-corrected chi connectivity index (χ3v) is 1.88. The molecule has 1 unspecified atom stereocenters. The number of rotatable bonds is 6. The molecule has 1 atom stereocenters. The summed E-state index contributed by atoms with van der Waals surface area (Å²) in [5.74, 6) is -0.126. The minimum absolute atomic E-state index is 0.117. The monoisotopic (exact) mass is 201 g/mol. The van der Waals surface area contributed by atoms with Crippen molar-refractivity contribution in [3.63, 3.8) is 0 Å². The lowest BCUT2D eigenvalue weighted by molar-refractivity contribution is -0.135. The molecule has 0 saturated carbocycles. The summed E-state index contributed by atoms with van der Waals surface area (Å²) in [5, 5.41) is 2.79. The number of hydrogen-bond acceptors (Lipinski definition) is 3. The number of methoxy groups -OCH3 is 2. The second-order valence-corrected chi connectivity index (χ2v) is 2.86. The van der Waals surface area contributed by atoms with Crippen molar-refractivity contribution in [2.24, 2.45) is 0 Å².